The molecule has 0 aliphatic carbocycles. The number of aryl methyl sites for hydroxylation is 2. The second kappa shape index (κ2) is 5.45. The molecular formula is C17H18F2N2. The quantitative estimate of drug-likeness (QED) is 0.910. The van der Waals surface area contributed by atoms with Crippen molar-refractivity contribution in [2.75, 3.05) is 11.4 Å². The van der Waals surface area contributed by atoms with Crippen LogP contribution >= 0.6 is 0 Å². The molecule has 4 heteroatoms. The summed E-state index contributed by atoms with van der Waals surface area (Å²) in [6.45, 7) is 2.77. The van der Waals surface area contributed by atoms with Crippen molar-refractivity contribution in [3.8, 4) is 0 Å². The molecule has 1 aliphatic heterocycles. The van der Waals surface area contributed by atoms with Crippen molar-refractivity contribution in [1.29, 1.82) is 0 Å². The van der Waals surface area contributed by atoms with Crippen molar-refractivity contribution in [2.45, 2.75) is 26.3 Å². The van der Waals surface area contributed by atoms with E-state index in [4.69, 9.17) is 5.73 Å². The Morgan fingerprint density at radius 1 is 1.14 bits per heavy atom. The Morgan fingerprint density at radius 2 is 1.86 bits per heavy atom. The first-order chi connectivity index (χ1) is 10.1. The highest BCUT2D eigenvalue weighted by atomic mass is 19.1. The van der Waals surface area contributed by atoms with Gasteiger partial charge in [-0.05, 0) is 49.1 Å². The molecule has 0 spiro atoms. The third kappa shape index (κ3) is 2.51. The number of nitrogens with zero attached hydrogens (tertiary/aromatic N) is 1. The molecule has 0 aromatic heterocycles. The molecule has 1 heterocycles. The molecule has 0 saturated heterocycles. The molecule has 1 aliphatic rings. The Kier molecular flexibility index (Phi) is 3.64. The van der Waals surface area contributed by atoms with E-state index < -0.39 is 11.6 Å². The minimum absolute atomic E-state index is 0.0250. The SMILES string of the molecule is Cc1ccc2c(c1)CCCN2c1c(F)cc(CN)cc1F. The Morgan fingerprint density at radius 3 is 2.52 bits per heavy atom. The van der Waals surface area contributed by atoms with Crippen LogP contribution in [0.25, 0.3) is 0 Å². The zero-order chi connectivity index (χ0) is 15.0. The van der Waals surface area contributed by atoms with Crippen molar-refractivity contribution < 1.29 is 8.78 Å². The number of fused-ring (bicyclic) bond motifs is 1. The van der Waals surface area contributed by atoms with Gasteiger partial charge in [0.15, 0.2) is 0 Å². The number of benzene rings is 2. The Hall–Kier alpha value is -1.94. The zero-order valence-electron chi connectivity index (χ0n) is 12.0. The third-order valence-corrected chi connectivity index (χ3v) is 3.94. The summed E-state index contributed by atoms with van der Waals surface area (Å²) in [5, 5.41) is 0. The maximum absolute atomic E-state index is 14.3. The topological polar surface area (TPSA) is 29.3 Å². The third-order valence-electron chi connectivity index (χ3n) is 3.94. The number of nitrogens with two attached hydrogens (primary N) is 1. The summed E-state index contributed by atoms with van der Waals surface area (Å²) >= 11 is 0. The number of anilines is 2. The van der Waals surface area contributed by atoms with E-state index in [2.05, 4.69) is 6.07 Å². The Bertz CT molecular complexity index is 659. The first kappa shape index (κ1) is 14.0. The van der Waals surface area contributed by atoms with Gasteiger partial charge >= 0.3 is 0 Å². The van der Waals surface area contributed by atoms with Crippen molar-refractivity contribution in [3.05, 3.63) is 58.7 Å². The minimum Gasteiger partial charge on any atom is -0.336 e. The number of halogens is 2. The number of hydrogen-bond donors (Lipinski definition) is 1. The van der Waals surface area contributed by atoms with Gasteiger partial charge < -0.3 is 10.6 Å². The molecule has 0 bridgehead atoms. The van der Waals surface area contributed by atoms with Gasteiger partial charge in [0.25, 0.3) is 0 Å². The number of rotatable bonds is 2. The van der Waals surface area contributed by atoms with E-state index in [9.17, 15) is 8.78 Å². The summed E-state index contributed by atoms with van der Waals surface area (Å²) in [6, 6.07) is 8.65. The summed E-state index contributed by atoms with van der Waals surface area (Å²) in [7, 11) is 0. The second-order valence-electron chi connectivity index (χ2n) is 5.50. The second-order valence-corrected chi connectivity index (χ2v) is 5.50. The molecule has 0 radical (unpaired) electrons. The van der Waals surface area contributed by atoms with E-state index in [1.165, 1.54) is 12.1 Å². The van der Waals surface area contributed by atoms with E-state index >= 15 is 0 Å². The predicted octanol–water partition coefficient (Wildman–Crippen LogP) is 3.82. The van der Waals surface area contributed by atoms with Crippen LogP contribution in [0, 0.1) is 18.6 Å². The average Bonchev–Trinajstić information content (AvgIpc) is 2.46. The summed E-state index contributed by atoms with van der Waals surface area (Å²) in [5.74, 6) is -1.10. The van der Waals surface area contributed by atoms with E-state index in [0.29, 0.717) is 12.1 Å². The molecule has 21 heavy (non-hydrogen) atoms. The lowest BCUT2D eigenvalue weighted by Gasteiger charge is -2.32. The summed E-state index contributed by atoms with van der Waals surface area (Å²) < 4.78 is 28.6. The van der Waals surface area contributed by atoms with Gasteiger partial charge in [-0.3, -0.25) is 0 Å². The van der Waals surface area contributed by atoms with E-state index in [1.54, 1.807) is 4.90 Å². The normalized spacial score (nSPS) is 14.2. The van der Waals surface area contributed by atoms with Gasteiger partial charge in [0.05, 0.1) is 0 Å². The molecule has 3 rings (SSSR count). The fourth-order valence-electron chi connectivity index (χ4n) is 2.95. The fourth-order valence-corrected chi connectivity index (χ4v) is 2.95. The van der Waals surface area contributed by atoms with Crippen molar-refractivity contribution in [2.24, 2.45) is 5.73 Å². The average molecular weight is 288 g/mol. The molecular weight excluding hydrogens is 270 g/mol. The first-order valence-corrected chi connectivity index (χ1v) is 7.15. The maximum atomic E-state index is 14.3. The van der Waals surface area contributed by atoms with Gasteiger partial charge in [0.2, 0.25) is 0 Å². The smallest absolute Gasteiger partial charge is 0.150 e. The largest absolute Gasteiger partial charge is 0.336 e. The van der Waals surface area contributed by atoms with Crippen LogP contribution < -0.4 is 10.6 Å². The van der Waals surface area contributed by atoms with Gasteiger partial charge in [-0.2, -0.15) is 0 Å². The lowest BCUT2D eigenvalue weighted by molar-refractivity contribution is 0.572. The van der Waals surface area contributed by atoms with Crippen LogP contribution in [0.1, 0.15) is 23.1 Å². The molecule has 0 unspecified atom stereocenters. The van der Waals surface area contributed by atoms with E-state index in [0.717, 1.165) is 29.7 Å². The standard InChI is InChI=1S/C17H18F2N2/c1-11-4-5-16-13(7-11)3-2-6-21(16)17-14(18)8-12(10-20)9-15(17)19/h4-5,7-9H,2-3,6,10,20H2,1H3. The number of hydrogen-bond acceptors (Lipinski definition) is 2. The van der Waals surface area contributed by atoms with Gasteiger partial charge in [0, 0.05) is 18.8 Å². The molecule has 2 N–H and O–H groups in total. The van der Waals surface area contributed by atoms with Crippen molar-refractivity contribution in [1.82, 2.24) is 0 Å². The summed E-state index contributed by atoms with van der Waals surface area (Å²) in [6.07, 6.45) is 1.83. The monoisotopic (exact) mass is 288 g/mol. The molecule has 0 amide bonds. The minimum atomic E-state index is -0.552. The predicted molar refractivity (Wildman–Crippen MR) is 80.8 cm³/mol. The molecule has 2 aromatic rings. The highest BCUT2D eigenvalue weighted by Gasteiger charge is 2.24. The first-order valence-electron chi connectivity index (χ1n) is 7.15. The molecule has 0 atom stereocenters. The summed E-state index contributed by atoms with van der Waals surface area (Å²) in [5.41, 5.74) is 9.15. The van der Waals surface area contributed by atoms with Crippen LogP contribution in [0.5, 0.6) is 0 Å². The van der Waals surface area contributed by atoms with Crippen LogP contribution in [0.3, 0.4) is 0 Å². The van der Waals surface area contributed by atoms with Crippen LogP contribution in [0.4, 0.5) is 20.2 Å². The maximum Gasteiger partial charge on any atom is 0.150 e. The van der Waals surface area contributed by atoms with Gasteiger partial charge in [0.1, 0.15) is 17.3 Å². The van der Waals surface area contributed by atoms with E-state index in [1.807, 2.05) is 19.1 Å². The van der Waals surface area contributed by atoms with Gasteiger partial charge in [-0.25, -0.2) is 8.78 Å². The lowest BCUT2D eigenvalue weighted by Crippen LogP contribution is -2.26. The van der Waals surface area contributed by atoms with Crippen molar-refractivity contribution >= 4 is 11.4 Å². The highest BCUT2D eigenvalue weighted by Crippen LogP contribution is 2.37. The van der Waals surface area contributed by atoms with Gasteiger partial charge in [-0.15, -0.1) is 0 Å². The molecule has 2 nitrogen and oxygen atoms in total. The lowest BCUT2D eigenvalue weighted by atomic mass is 9.98. The summed E-state index contributed by atoms with van der Waals surface area (Å²) in [4.78, 5) is 1.74. The van der Waals surface area contributed by atoms with Crippen LogP contribution in [-0.4, -0.2) is 6.54 Å². The van der Waals surface area contributed by atoms with Crippen LogP contribution in [-0.2, 0) is 13.0 Å². The van der Waals surface area contributed by atoms with Crippen LogP contribution in [0.15, 0.2) is 30.3 Å². The fraction of sp³-hybridized carbons (Fsp3) is 0.294. The zero-order valence-corrected chi connectivity index (χ0v) is 12.0. The van der Waals surface area contributed by atoms with E-state index in [-0.39, 0.29) is 12.2 Å². The van der Waals surface area contributed by atoms with Gasteiger partial charge in [-0.1, -0.05) is 17.7 Å². The van der Waals surface area contributed by atoms with Crippen molar-refractivity contribution in [3.63, 3.8) is 0 Å². The molecule has 2 aromatic carbocycles. The van der Waals surface area contributed by atoms with Crippen LogP contribution in [0.2, 0.25) is 0 Å². The highest BCUT2D eigenvalue weighted by molar-refractivity contribution is 5.69. The Labute approximate surface area is 123 Å². The molecule has 0 fully saturated rings. The molecule has 110 valence electrons. The Balaban J connectivity index is 2.11. The molecule has 0 saturated carbocycles.